The Morgan fingerprint density at radius 1 is 1.53 bits per heavy atom. The predicted molar refractivity (Wildman–Crippen MR) is 65.3 cm³/mol. The van der Waals surface area contributed by atoms with Crippen molar-refractivity contribution in [2.45, 2.75) is 31.1 Å². The maximum absolute atomic E-state index is 9.72. The number of hydrogen-bond donors (Lipinski definition) is 2. The summed E-state index contributed by atoms with van der Waals surface area (Å²) in [7, 11) is 1.52. The van der Waals surface area contributed by atoms with Gasteiger partial charge in [0.15, 0.2) is 6.29 Å². The third kappa shape index (κ3) is 2.77. The van der Waals surface area contributed by atoms with Crippen LogP contribution in [0.1, 0.15) is 19.3 Å². The number of rotatable bonds is 3. The molecule has 0 radical (unpaired) electrons. The fraction of sp³-hybridized carbons (Fsp3) is 0.692. The maximum Gasteiger partial charge on any atom is 0.160 e. The summed E-state index contributed by atoms with van der Waals surface area (Å²) < 4.78 is 10.3. The molecule has 1 aliphatic heterocycles. The number of aliphatic hydroxyl groups is 1. The van der Waals surface area contributed by atoms with E-state index < -0.39 is 6.29 Å². The van der Waals surface area contributed by atoms with Crippen molar-refractivity contribution in [3.05, 3.63) is 23.8 Å². The van der Waals surface area contributed by atoms with Crippen LogP contribution in [0.5, 0.6) is 0 Å². The zero-order valence-electron chi connectivity index (χ0n) is 10.3. The molecular weight excluding hydrogens is 218 g/mol. The third-order valence-corrected chi connectivity index (χ3v) is 3.74. The highest BCUT2D eigenvalue weighted by Crippen LogP contribution is 2.34. The molecule has 1 heterocycles. The lowest BCUT2D eigenvalue weighted by molar-refractivity contribution is -0.101. The number of hydrogen-bond acceptors (Lipinski definition) is 4. The van der Waals surface area contributed by atoms with Crippen LogP contribution in [0.15, 0.2) is 23.8 Å². The molecule has 2 atom stereocenters. The summed E-state index contributed by atoms with van der Waals surface area (Å²) in [5.74, 6) is 0.00303. The Bertz CT molecular complexity index is 319. The Morgan fingerprint density at radius 2 is 2.24 bits per heavy atom. The summed E-state index contributed by atoms with van der Waals surface area (Å²) in [5, 5.41) is 9.72. The second-order valence-corrected chi connectivity index (χ2v) is 4.84. The lowest BCUT2D eigenvalue weighted by Crippen LogP contribution is -2.47. The average Bonchev–Trinajstić information content (AvgIpc) is 2.39. The van der Waals surface area contributed by atoms with Crippen molar-refractivity contribution < 1.29 is 14.6 Å². The fourth-order valence-electron chi connectivity index (χ4n) is 2.50. The Morgan fingerprint density at radius 3 is 2.88 bits per heavy atom. The van der Waals surface area contributed by atoms with Crippen molar-refractivity contribution in [2.75, 3.05) is 20.3 Å². The van der Waals surface area contributed by atoms with Crippen LogP contribution in [0.3, 0.4) is 0 Å². The molecule has 4 heteroatoms. The van der Waals surface area contributed by atoms with Gasteiger partial charge in [-0.05, 0) is 24.8 Å². The second kappa shape index (κ2) is 5.31. The van der Waals surface area contributed by atoms with E-state index in [9.17, 15) is 5.11 Å². The predicted octanol–water partition coefficient (Wildman–Crippen LogP) is 0.962. The number of nitrogens with two attached hydrogens (primary N) is 1. The van der Waals surface area contributed by atoms with Crippen molar-refractivity contribution in [1.82, 2.24) is 0 Å². The van der Waals surface area contributed by atoms with Gasteiger partial charge in [-0.1, -0.05) is 18.2 Å². The van der Waals surface area contributed by atoms with E-state index in [1.165, 1.54) is 12.7 Å². The molecule has 2 rings (SSSR count). The van der Waals surface area contributed by atoms with Crippen molar-refractivity contribution in [3.8, 4) is 0 Å². The van der Waals surface area contributed by atoms with Crippen LogP contribution >= 0.6 is 0 Å². The molecule has 0 spiro atoms. The molecular formula is C13H21NO3. The normalized spacial score (nSPS) is 29.8. The molecule has 2 unspecified atom stereocenters. The summed E-state index contributed by atoms with van der Waals surface area (Å²) in [6.45, 7) is 1.43. The Labute approximate surface area is 102 Å². The summed E-state index contributed by atoms with van der Waals surface area (Å²) in [5.41, 5.74) is 7.36. The summed E-state index contributed by atoms with van der Waals surface area (Å²) in [6.07, 6.45) is 7.73. The van der Waals surface area contributed by atoms with Gasteiger partial charge in [0, 0.05) is 31.8 Å². The number of ether oxygens (including phenoxy) is 2. The van der Waals surface area contributed by atoms with E-state index in [2.05, 4.69) is 6.08 Å². The number of methoxy groups -OCH3 is 1. The average molecular weight is 239 g/mol. The number of aliphatic hydroxyl groups excluding tert-OH is 1. The fourth-order valence-corrected chi connectivity index (χ4v) is 2.50. The van der Waals surface area contributed by atoms with Gasteiger partial charge in [0.1, 0.15) is 0 Å². The largest absolute Gasteiger partial charge is 0.381 e. The molecule has 1 saturated heterocycles. The van der Waals surface area contributed by atoms with Gasteiger partial charge in [-0.2, -0.15) is 0 Å². The monoisotopic (exact) mass is 239 g/mol. The summed E-state index contributed by atoms with van der Waals surface area (Å²) in [4.78, 5) is 0. The lowest BCUT2D eigenvalue weighted by Gasteiger charge is -2.38. The van der Waals surface area contributed by atoms with Crippen LogP contribution in [0.4, 0.5) is 0 Å². The first-order valence-electron chi connectivity index (χ1n) is 6.11. The second-order valence-electron chi connectivity index (χ2n) is 4.84. The molecule has 0 bridgehead atoms. The Kier molecular flexibility index (Phi) is 3.99. The van der Waals surface area contributed by atoms with Gasteiger partial charge < -0.3 is 20.3 Å². The van der Waals surface area contributed by atoms with Crippen molar-refractivity contribution in [1.29, 1.82) is 0 Å². The first-order chi connectivity index (χ1) is 8.15. The molecule has 96 valence electrons. The zero-order valence-corrected chi connectivity index (χ0v) is 10.3. The topological polar surface area (TPSA) is 64.7 Å². The smallest absolute Gasteiger partial charge is 0.160 e. The van der Waals surface area contributed by atoms with Crippen LogP contribution in [-0.4, -0.2) is 37.3 Å². The van der Waals surface area contributed by atoms with E-state index >= 15 is 0 Å². The lowest BCUT2D eigenvalue weighted by atomic mass is 9.77. The Balaban J connectivity index is 2.06. The summed E-state index contributed by atoms with van der Waals surface area (Å²) in [6, 6.07) is 0. The number of allylic oxidation sites excluding steroid dienone is 2. The van der Waals surface area contributed by atoms with Gasteiger partial charge in [-0.15, -0.1) is 0 Å². The van der Waals surface area contributed by atoms with E-state index in [1.54, 1.807) is 0 Å². The van der Waals surface area contributed by atoms with Crippen molar-refractivity contribution in [3.63, 3.8) is 0 Å². The van der Waals surface area contributed by atoms with Gasteiger partial charge in [-0.25, -0.2) is 0 Å². The van der Waals surface area contributed by atoms with Crippen LogP contribution in [0.2, 0.25) is 0 Å². The first-order valence-corrected chi connectivity index (χ1v) is 6.11. The van der Waals surface area contributed by atoms with Crippen molar-refractivity contribution >= 4 is 0 Å². The van der Waals surface area contributed by atoms with Gasteiger partial charge in [-0.3, -0.25) is 0 Å². The minimum Gasteiger partial charge on any atom is -0.381 e. The van der Waals surface area contributed by atoms with Gasteiger partial charge in [0.05, 0.1) is 0 Å². The third-order valence-electron chi connectivity index (χ3n) is 3.74. The molecule has 4 nitrogen and oxygen atoms in total. The minimum absolute atomic E-state index is 0.00303. The van der Waals surface area contributed by atoms with Crippen LogP contribution in [0, 0.1) is 5.92 Å². The van der Waals surface area contributed by atoms with Crippen LogP contribution in [-0.2, 0) is 9.47 Å². The quantitative estimate of drug-likeness (QED) is 0.720. The molecule has 1 fully saturated rings. The molecule has 0 amide bonds. The van der Waals surface area contributed by atoms with Gasteiger partial charge in [0.2, 0.25) is 0 Å². The van der Waals surface area contributed by atoms with Crippen molar-refractivity contribution in [2.24, 2.45) is 11.7 Å². The zero-order chi connectivity index (χ0) is 12.3. The molecule has 1 aliphatic carbocycles. The van der Waals surface area contributed by atoms with Crippen LogP contribution < -0.4 is 5.73 Å². The molecule has 0 aromatic rings. The Hall–Kier alpha value is -0.680. The van der Waals surface area contributed by atoms with E-state index in [-0.39, 0.29) is 11.5 Å². The molecule has 17 heavy (non-hydrogen) atoms. The van der Waals surface area contributed by atoms with E-state index in [1.807, 2.05) is 12.2 Å². The van der Waals surface area contributed by atoms with Crippen LogP contribution in [0.25, 0.3) is 0 Å². The highest BCUT2D eigenvalue weighted by molar-refractivity contribution is 5.29. The highest BCUT2D eigenvalue weighted by atomic mass is 16.6. The maximum atomic E-state index is 9.72. The first kappa shape index (κ1) is 12.8. The minimum atomic E-state index is -0.751. The molecule has 0 aromatic heterocycles. The van der Waals surface area contributed by atoms with E-state index in [0.717, 1.165) is 32.5 Å². The molecule has 2 aliphatic rings. The van der Waals surface area contributed by atoms with Gasteiger partial charge in [0.25, 0.3) is 0 Å². The van der Waals surface area contributed by atoms with E-state index in [4.69, 9.17) is 15.2 Å². The van der Waals surface area contributed by atoms with Gasteiger partial charge >= 0.3 is 0 Å². The molecule has 3 N–H and O–H groups in total. The molecule has 0 saturated carbocycles. The van der Waals surface area contributed by atoms with E-state index in [0.29, 0.717) is 0 Å². The highest BCUT2D eigenvalue weighted by Gasteiger charge is 2.34. The molecule has 0 aromatic carbocycles. The SMILES string of the molecule is COC(O)C1C=CC=C(C2(N)CCOCC2)C1. The standard InChI is InChI=1S/C13H21NO3/c1-16-12(15)10-3-2-4-11(9-10)13(14)5-7-17-8-6-13/h2-4,10,12,15H,5-9,14H2,1H3. The summed E-state index contributed by atoms with van der Waals surface area (Å²) >= 11 is 0.